The summed E-state index contributed by atoms with van der Waals surface area (Å²) < 4.78 is 29.0. The average Bonchev–Trinajstić information content (AvgIpc) is 2.28. The van der Waals surface area contributed by atoms with E-state index in [4.69, 9.17) is 0 Å². The fourth-order valence-electron chi connectivity index (χ4n) is 0. The van der Waals surface area contributed by atoms with Crippen molar-refractivity contribution >= 4 is 7.54 Å². The van der Waals surface area contributed by atoms with Gasteiger partial charge in [-0.05, 0) is 0 Å². The Balaban J connectivity index is -0.0000000369. The zero-order chi connectivity index (χ0) is 13.8. The third kappa shape index (κ3) is 279. The zero-order valence-corrected chi connectivity index (χ0v) is 13.7. The van der Waals surface area contributed by atoms with Gasteiger partial charge in [-0.2, -0.15) is 19.3 Å². The summed E-state index contributed by atoms with van der Waals surface area (Å²) in [6, 6.07) is 0. The Labute approximate surface area is 122 Å². The maximum Gasteiger partial charge on any atom is 0.762 e. The van der Waals surface area contributed by atoms with Crippen molar-refractivity contribution in [2.24, 2.45) is 0 Å². The van der Waals surface area contributed by atoms with Crippen LogP contribution in [0.3, 0.4) is 0 Å². The number of rotatable bonds is 3. The second-order valence-electron chi connectivity index (χ2n) is 2.81. The first-order chi connectivity index (χ1) is 7.47. The molecule has 0 heterocycles. The smallest absolute Gasteiger partial charge is 0.343 e. The van der Waals surface area contributed by atoms with Gasteiger partial charge < -0.3 is 20.8 Å². The third-order valence-electron chi connectivity index (χ3n) is 1.06. The molecule has 0 aromatic carbocycles. The minimum Gasteiger partial charge on any atom is -0.343 e. The van der Waals surface area contributed by atoms with Crippen LogP contribution in [0, 0.1) is 20.8 Å². The van der Waals surface area contributed by atoms with Crippen molar-refractivity contribution < 1.29 is 34.0 Å². The van der Waals surface area contributed by atoms with Gasteiger partial charge in [0.25, 0.3) is 0 Å². The van der Waals surface area contributed by atoms with Crippen molar-refractivity contribution in [1.29, 1.82) is 0 Å². The number of unbranched alkanes of at least 4 members (excludes halogenated alkanes) is 3. The van der Waals surface area contributed by atoms with Gasteiger partial charge in [-0.25, -0.2) is 0 Å². The Morgan fingerprint density at radius 3 is 0.765 bits per heavy atom. The Kier molecular flexibility index (Phi) is 78.8. The predicted molar refractivity (Wildman–Crippen MR) is 69.9 cm³/mol. The summed E-state index contributed by atoms with van der Waals surface area (Å²) in [5.41, 5.74) is 0. The van der Waals surface area contributed by atoms with E-state index in [0.29, 0.717) is 0 Å². The Hall–Kier alpha value is 0.543. The molecule has 0 saturated carbocycles. The maximum atomic E-state index is 9.67. The van der Waals surface area contributed by atoms with Crippen LogP contribution in [-0.4, -0.2) is 7.54 Å². The summed E-state index contributed by atoms with van der Waals surface area (Å²) in [5, 5.41) is 0. The molecule has 0 spiro atoms. The SMILES string of the molecule is FB(F)F.[CH2-]CCC.[CH2-]CCC.[CH2-]CCC.[Pt]. The normalized spacial score (nSPS) is 6.88. The molecular formula is C12H27BF3Pt-3. The molecule has 0 unspecified atom stereocenters. The van der Waals surface area contributed by atoms with Gasteiger partial charge in [0.15, 0.2) is 0 Å². The summed E-state index contributed by atoms with van der Waals surface area (Å²) in [7, 11) is -3.67. The van der Waals surface area contributed by atoms with E-state index in [1.54, 1.807) is 0 Å². The molecule has 0 N–H and O–H groups in total. The van der Waals surface area contributed by atoms with Gasteiger partial charge >= 0.3 is 7.54 Å². The van der Waals surface area contributed by atoms with Crippen LogP contribution in [0.1, 0.15) is 59.3 Å². The number of hydrogen-bond donors (Lipinski definition) is 0. The van der Waals surface area contributed by atoms with Crippen LogP contribution in [0.15, 0.2) is 0 Å². The first-order valence-electron chi connectivity index (χ1n) is 5.78. The molecule has 112 valence electrons. The molecule has 0 radical (unpaired) electrons. The molecule has 0 aliphatic carbocycles. The summed E-state index contributed by atoms with van der Waals surface area (Å²) in [6.07, 6.45) is 6.83. The Morgan fingerprint density at radius 2 is 0.765 bits per heavy atom. The summed E-state index contributed by atoms with van der Waals surface area (Å²) in [5.74, 6) is 0. The molecule has 17 heavy (non-hydrogen) atoms. The van der Waals surface area contributed by atoms with Crippen LogP contribution >= 0.6 is 0 Å². The van der Waals surface area contributed by atoms with E-state index in [1.165, 1.54) is 19.3 Å². The van der Waals surface area contributed by atoms with Crippen LogP contribution in [0.25, 0.3) is 0 Å². The number of hydrogen-bond acceptors (Lipinski definition) is 0. The largest absolute Gasteiger partial charge is 0.762 e. The van der Waals surface area contributed by atoms with E-state index in [0.717, 1.165) is 19.3 Å². The summed E-state index contributed by atoms with van der Waals surface area (Å²) in [6.45, 7) is 17.2. The van der Waals surface area contributed by atoms with Crippen molar-refractivity contribution in [1.82, 2.24) is 0 Å². The molecule has 0 amide bonds. The van der Waals surface area contributed by atoms with Gasteiger partial charge in [-0.15, -0.1) is 0 Å². The molecule has 0 saturated heterocycles. The van der Waals surface area contributed by atoms with Crippen LogP contribution in [0.2, 0.25) is 0 Å². The minimum atomic E-state index is -3.67. The zero-order valence-electron chi connectivity index (χ0n) is 11.4. The molecule has 0 bridgehead atoms. The van der Waals surface area contributed by atoms with Crippen LogP contribution in [0.4, 0.5) is 12.9 Å². The summed E-state index contributed by atoms with van der Waals surface area (Å²) in [4.78, 5) is 0. The molecule has 0 atom stereocenters. The Morgan fingerprint density at radius 1 is 0.706 bits per heavy atom. The van der Waals surface area contributed by atoms with Crippen LogP contribution in [0.5, 0.6) is 0 Å². The minimum absolute atomic E-state index is 0. The first kappa shape index (κ1) is 30.5. The molecule has 5 heteroatoms. The quantitative estimate of drug-likeness (QED) is 0.393. The number of halogens is 3. The molecule has 0 aliphatic rings. The molecule has 0 aromatic rings. The van der Waals surface area contributed by atoms with Gasteiger partial charge in [-0.1, -0.05) is 40.0 Å². The monoisotopic (exact) mass is 434 g/mol. The van der Waals surface area contributed by atoms with Gasteiger partial charge in [-0.3, -0.25) is 12.9 Å². The second-order valence-corrected chi connectivity index (χ2v) is 2.81. The average molecular weight is 434 g/mol. The van der Waals surface area contributed by atoms with E-state index in [9.17, 15) is 12.9 Å². The van der Waals surface area contributed by atoms with E-state index in [1.807, 2.05) is 0 Å². The van der Waals surface area contributed by atoms with Gasteiger partial charge in [0, 0.05) is 21.1 Å². The molecular weight excluding hydrogens is 407 g/mol. The third-order valence-corrected chi connectivity index (χ3v) is 1.06. The van der Waals surface area contributed by atoms with Crippen LogP contribution in [-0.2, 0) is 21.1 Å². The van der Waals surface area contributed by atoms with E-state index >= 15 is 0 Å². The van der Waals surface area contributed by atoms with Crippen LogP contribution < -0.4 is 0 Å². The van der Waals surface area contributed by atoms with Gasteiger partial charge in [0.05, 0.1) is 0 Å². The topological polar surface area (TPSA) is 0 Å². The molecule has 0 nitrogen and oxygen atoms in total. The fraction of sp³-hybridized carbons (Fsp3) is 0.750. The molecule has 0 aliphatic heterocycles. The maximum absolute atomic E-state index is 9.67. The predicted octanol–water partition coefficient (Wildman–Crippen LogP) is 5.74. The van der Waals surface area contributed by atoms with E-state index < -0.39 is 7.54 Å². The van der Waals surface area contributed by atoms with E-state index in [2.05, 4.69) is 41.5 Å². The van der Waals surface area contributed by atoms with Crippen molar-refractivity contribution in [2.75, 3.05) is 0 Å². The van der Waals surface area contributed by atoms with Crippen molar-refractivity contribution in [3.8, 4) is 0 Å². The standard InChI is InChI=1S/3C4H9.BF3.Pt/c3*1-3-4-2;2-1(3)4;/h3*1,3-4H2,2H3;;/q3*-1;;. The van der Waals surface area contributed by atoms with Gasteiger partial charge in [0.1, 0.15) is 0 Å². The Bertz CT molecular complexity index is 58.5. The molecule has 0 rings (SSSR count). The second kappa shape index (κ2) is 43.9. The molecule has 0 aromatic heterocycles. The van der Waals surface area contributed by atoms with Crippen molar-refractivity contribution in [3.05, 3.63) is 20.8 Å². The molecule has 0 fully saturated rings. The van der Waals surface area contributed by atoms with Crippen molar-refractivity contribution in [2.45, 2.75) is 59.3 Å². The van der Waals surface area contributed by atoms with E-state index in [-0.39, 0.29) is 21.1 Å². The summed E-state index contributed by atoms with van der Waals surface area (Å²) >= 11 is 0. The van der Waals surface area contributed by atoms with Crippen molar-refractivity contribution in [3.63, 3.8) is 0 Å². The fourth-order valence-corrected chi connectivity index (χ4v) is 0. The van der Waals surface area contributed by atoms with Gasteiger partial charge in [0.2, 0.25) is 0 Å². The first-order valence-corrected chi connectivity index (χ1v) is 5.78.